The number of rotatable bonds is 5. The molecule has 1 aliphatic carbocycles. The van der Waals surface area contributed by atoms with Crippen LogP contribution in [0.4, 0.5) is 5.69 Å². The predicted octanol–water partition coefficient (Wildman–Crippen LogP) is 3.45. The van der Waals surface area contributed by atoms with Gasteiger partial charge in [0, 0.05) is 51.6 Å². The van der Waals surface area contributed by atoms with Crippen LogP contribution >= 0.6 is 0 Å². The standard InChI is InChI=1S/C26H36N4O5/c1-16-12-30(13-19-6-7-19)17(2)15-34-23-9-8-20(27-25(31)22-10-18(3)35-28-22)11-21(23)26(32)29(4)14-24(16)33-5/h8-11,16-17,19,24H,6-7,12-15H2,1-5H3,(H,27,31)/t16-,17-,24-/m1/s1. The van der Waals surface area contributed by atoms with Crippen molar-refractivity contribution in [1.82, 2.24) is 15.0 Å². The Labute approximate surface area is 206 Å². The number of likely N-dealkylation sites (N-methyl/N-ethyl adjacent to an activating group) is 1. The minimum absolute atomic E-state index is 0.0973. The third-order valence-corrected chi connectivity index (χ3v) is 6.88. The third kappa shape index (κ3) is 6.21. The van der Waals surface area contributed by atoms with Crippen LogP contribution in [0.5, 0.6) is 5.75 Å². The molecule has 0 spiro atoms. The molecule has 0 saturated heterocycles. The summed E-state index contributed by atoms with van der Waals surface area (Å²) in [5.74, 6) is 1.45. The molecule has 190 valence electrons. The molecule has 2 heterocycles. The zero-order valence-corrected chi connectivity index (χ0v) is 21.2. The van der Waals surface area contributed by atoms with Crippen LogP contribution in [0, 0.1) is 18.8 Å². The van der Waals surface area contributed by atoms with Crippen molar-refractivity contribution in [3.8, 4) is 5.75 Å². The molecule has 4 rings (SSSR count). The number of hydrogen-bond acceptors (Lipinski definition) is 7. The minimum atomic E-state index is -0.408. The Morgan fingerprint density at radius 2 is 2.00 bits per heavy atom. The summed E-state index contributed by atoms with van der Waals surface area (Å²) in [6.45, 7) is 8.93. The molecule has 0 radical (unpaired) electrons. The van der Waals surface area contributed by atoms with Gasteiger partial charge in [0.05, 0.1) is 11.7 Å². The van der Waals surface area contributed by atoms with Crippen LogP contribution in [0.25, 0.3) is 0 Å². The van der Waals surface area contributed by atoms with Crippen molar-refractivity contribution < 1.29 is 23.6 Å². The zero-order valence-electron chi connectivity index (χ0n) is 21.2. The number of benzene rings is 1. The Kier molecular flexibility index (Phi) is 7.76. The highest BCUT2D eigenvalue weighted by molar-refractivity contribution is 6.04. The van der Waals surface area contributed by atoms with Crippen molar-refractivity contribution in [3.05, 3.63) is 41.3 Å². The molecule has 0 bridgehead atoms. The first-order valence-corrected chi connectivity index (χ1v) is 12.3. The van der Waals surface area contributed by atoms with Gasteiger partial charge in [-0.3, -0.25) is 14.5 Å². The maximum atomic E-state index is 13.5. The fourth-order valence-corrected chi connectivity index (χ4v) is 4.48. The van der Waals surface area contributed by atoms with Gasteiger partial charge in [-0.05, 0) is 56.7 Å². The van der Waals surface area contributed by atoms with Gasteiger partial charge in [-0.15, -0.1) is 0 Å². The molecule has 1 aromatic heterocycles. The Morgan fingerprint density at radius 3 is 2.66 bits per heavy atom. The maximum absolute atomic E-state index is 13.5. The van der Waals surface area contributed by atoms with Gasteiger partial charge in [0.1, 0.15) is 18.1 Å². The average molecular weight is 485 g/mol. The number of amides is 2. The summed E-state index contributed by atoms with van der Waals surface area (Å²) in [5.41, 5.74) is 1.05. The van der Waals surface area contributed by atoms with E-state index >= 15 is 0 Å². The Bertz CT molecular complexity index is 1050. The number of hydrogen-bond donors (Lipinski definition) is 1. The Morgan fingerprint density at radius 1 is 1.23 bits per heavy atom. The lowest BCUT2D eigenvalue weighted by Gasteiger charge is -2.36. The fraction of sp³-hybridized carbons (Fsp3) is 0.577. The Balaban J connectivity index is 1.60. The van der Waals surface area contributed by atoms with Crippen LogP contribution < -0.4 is 10.1 Å². The summed E-state index contributed by atoms with van der Waals surface area (Å²) in [5, 5.41) is 6.55. The second-order valence-electron chi connectivity index (χ2n) is 9.98. The number of carbonyl (C=O) groups is 2. The zero-order chi connectivity index (χ0) is 25.1. The summed E-state index contributed by atoms with van der Waals surface area (Å²) in [6, 6.07) is 6.88. The van der Waals surface area contributed by atoms with E-state index in [1.54, 1.807) is 50.2 Å². The highest BCUT2D eigenvalue weighted by atomic mass is 16.5. The van der Waals surface area contributed by atoms with Gasteiger partial charge in [-0.2, -0.15) is 0 Å². The number of carbonyl (C=O) groups excluding carboxylic acids is 2. The van der Waals surface area contributed by atoms with E-state index in [1.807, 2.05) is 0 Å². The minimum Gasteiger partial charge on any atom is -0.491 e. The van der Waals surface area contributed by atoms with Crippen LogP contribution in [0.1, 0.15) is 53.3 Å². The number of ether oxygens (including phenoxy) is 2. The number of methoxy groups -OCH3 is 1. The first-order chi connectivity index (χ1) is 16.7. The van der Waals surface area contributed by atoms with Gasteiger partial charge in [0.25, 0.3) is 11.8 Å². The molecule has 1 aromatic carbocycles. The van der Waals surface area contributed by atoms with Gasteiger partial charge in [0.15, 0.2) is 5.69 Å². The van der Waals surface area contributed by atoms with Crippen molar-refractivity contribution in [1.29, 1.82) is 0 Å². The maximum Gasteiger partial charge on any atom is 0.277 e. The topological polar surface area (TPSA) is 97.1 Å². The number of fused-ring (bicyclic) bond motifs is 1. The molecule has 9 heteroatoms. The van der Waals surface area contributed by atoms with E-state index in [4.69, 9.17) is 14.0 Å². The first kappa shape index (κ1) is 25.2. The number of aromatic nitrogens is 1. The highest BCUT2D eigenvalue weighted by Crippen LogP contribution is 2.32. The summed E-state index contributed by atoms with van der Waals surface area (Å²) < 4.78 is 17.0. The van der Waals surface area contributed by atoms with E-state index in [0.29, 0.717) is 35.9 Å². The molecule has 1 saturated carbocycles. The lowest BCUT2D eigenvalue weighted by atomic mass is 10.0. The van der Waals surface area contributed by atoms with Crippen molar-refractivity contribution in [3.63, 3.8) is 0 Å². The van der Waals surface area contributed by atoms with Crippen LogP contribution in [0.15, 0.2) is 28.8 Å². The average Bonchev–Trinajstić information content (AvgIpc) is 3.55. The largest absolute Gasteiger partial charge is 0.491 e. The molecule has 9 nitrogen and oxygen atoms in total. The normalized spacial score (nSPS) is 24.2. The SMILES string of the molecule is CO[C@@H]1CN(C)C(=O)c2cc(NC(=O)c3cc(C)on3)ccc2OC[C@@H](C)N(CC2CC2)C[C@H]1C. The Hall–Kier alpha value is -2.91. The number of nitrogens with one attached hydrogen (secondary N) is 1. The summed E-state index contributed by atoms with van der Waals surface area (Å²) in [4.78, 5) is 30.2. The molecule has 3 atom stereocenters. The molecular formula is C26H36N4O5. The van der Waals surface area contributed by atoms with Gasteiger partial charge in [-0.1, -0.05) is 12.1 Å². The lowest BCUT2D eigenvalue weighted by Crippen LogP contribution is -2.47. The molecule has 35 heavy (non-hydrogen) atoms. The quantitative estimate of drug-likeness (QED) is 0.694. The van der Waals surface area contributed by atoms with Crippen LogP contribution in [-0.4, -0.2) is 79.3 Å². The molecule has 1 fully saturated rings. The molecule has 1 aliphatic heterocycles. The molecule has 2 aliphatic rings. The van der Waals surface area contributed by atoms with Crippen LogP contribution in [0.3, 0.4) is 0 Å². The smallest absolute Gasteiger partial charge is 0.277 e. The number of aryl methyl sites for hydroxylation is 1. The summed E-state index contributed by atoms with van der Waals surface area (Å²) in [6.07, 6.45) is 2.48. The van der Waals surface area contributed by atoms with E-state index in [0.717, 1.165) is 19.0 Å². The lowest BCUT2D eigenvalue weighted by molar-refractivity contribution is 0.00994. The van der Waals surface area contributed by atoms with Crippen molar-refractivity contribution >= 4 is 17.5 Å². The van der Waals surface area contributed by atoms with Gasteiger partial charge < -0.3 is 24.2 Å². The van der Waals surface area contributed by atoms with Crippen LogP contribution in [0.2, 0.25) is 0 Å². The monoisotopic (exact) mass is 484 g/mol. The molecule has 1 N–H and O–H groups in total. The van der Waals surface area contributed by atoms with Gasteiger partial charge in [0.2, 0.25) is 0 Å². The van der Waals surface area contributed by atoms with Crippen LogP contribution in [-0.2, 0) is 4.74 Å². The summed E-state index contributed by atoms with van der Waals surface area (Å²) in [7, 11) is 3.47. The number of anilines is 1. The predicted molar refractivity (Wildman–Crippen MR) is 132 cm³/mol. The second-order valence-corrected chi connectivity index (χ2v) is 9.98. The third-order valence-electron chi connectivity index (χ3n) is 6.88. The van der Waals surface area contributed by atoms with Crippen molar-refractivity contribution in [2.75, 3.05) is 45.7 Å². The second kappa shape index (κ2) is 10.8. The first-order valence-electron chi connectivity index (χ1n) is 12.3. The van der Waals surface area contributed by atoms with Crippen molar-refractivity contribution in [2.24, 2.45) is 11.8 Å². The molecule has 2 amide bonds. The van der Waals surface area contributed by atoms with E-state index in [2.05, 4.69) is 29.2 Å². The molecular weight excluding hydrogens is 448 g/mol. The fourth-order valence-electron chi connectivity index (χ4n) is 4.48. The summed E-state index contributed by atoms with van der Waals surface area (Å²) >= 11 is 0. The van der Waals surface area contributed by atoms with Crippen molar-refractivity contribution in [2.45, 2.75) is 45.8 Å². The number of nitrogens with zero attached hydrogens (tertiary/aromatic N) is 3. The molecule has 0 unspecified atom stereocenters. The van der Waals surface area contributed by atoms with Gasteiger partial charge >= 0.3 is 0 Å². The van der Waals surface area contributed by atoms with E-state index in [-0.39, 0.29) is 29.7 Å². The van der Waals surface area contributed by atoms with Gasteiger partial charge in [-0.25, -0.2) is 0 Å². The van der Waals surface area contributed by atoms with E-state index in [9.17, 15) is 9.59 Å². The van der Waals surface area contributed by atoms with E-state index < -0.39 is 5.91 Å². The van der Waals surface area contributed by atoms with E-state index in [1.165, 1.54) is 12.8 Å². The highest BCUT2D eigenvalue weighted by Gasteiger charge is 2.31. The molecule has 2 aromatic rings.